The number of thiazole rings is 1. The van der Waals surface area contributed by atoms with Crippen molar-refractivity contribution < 1.29 is 4.79 Å². The summed E-state index contributed by atoms with van der Waals surface area (Å²) in [5.41, 5.74) is 3.00. The van der Waals surface area contributed by atoms with E-state index in [9.17, 15) is 4.79 Å². The molecule has 0 N–H and O–H groups in total. The summed E-state index contributed by atoms with van der Waals surface area (Å²) in [5, 5.41) is 10.6. The standard InChI is InChI=1S/C16H15N5OS/c17-5-12-1-2-14(18-6-12)21-9-16(10-21)3-4-20(8-16)15(22)13-7-23-11-19-13/h1-2,6-7,11H,3-4,8-10H2. The number of nitrogens with zero attached hydrogens (tertiary/aromatic N) is 5. The number of hydrogen-bond acceptors (Lipinski definition) is 6. The smallest absolute Gasteiger partial charge is 0.273 e. The summed E-state index contributed by atoms with van der Waals surface area (Å²) in [6.07, 6.45) is 2.63. The second kappa shape index (κ2) is 5.32. The van der Waals surface area contributed by atoms with Gasteiger partial charge in [-0.15, -0.1) is 11.3 Å². The number of hydrogen-bond donors (Lipinski definition) is 0. The summed E-state index contributed by atoms with van der Waals surface area (Å²) in [4.78, 5) is 24.9. The fraction of sp³-hybridized carbons (Fsp3) is 0.375. The van der Waals surface area contributed by atoms with E-state index in [1.807, 2.05) is 11.0 Å². The lowest BCUT2D eigenvalue weighted by Crippen LogP contribution is -2.58. The molecule has 0 saturated carbocycles. The van der Waals surface area contributed by atoms with Gasteiger partial charge in [0, 0.05) is 43.2 Å². The van der Waals surface area contributed by atoms with Gasteiger partial charge in [-0.3, -0.25) is 4.79 Å². The fourth-order valence-electron chi connectivity index (χ4n) is 3.41. The monoisotopic (exact) mass is 325 g/mol. The van der Waals surface area contributed by atoms with E-state index < -0.39 is 0 Å². The van der Waals surface area contributed by atoms with Gasteiger partial charge in [-0.1, -0.05) is 0 Å². The molecular weight excluding hydrogens is 310 g/mol. The highest BCUT2D eigenvalue weighted by molar-refractivity contribution is 7.07. The lowest BCUT2D eigenvalue weighted by molar-refractivity contribution is 0.0758. The van der Waals surface area contributed by atoms with Crippen LogP contribution >= 0.6 is 11.3 Å². The number of aromatic nitrogens is 2. The largest absolute Gasteiger partial charge is 0.355 e. The van der Waals surface area contributed by atoms with E-state index in [1.54, 1.807) is 23.2 Å². The van der Waals surface area contributed by atoms with Gasteiger partial charge in [-0.05, 0) is 18.6 Å². The van der Waals surface area contributed by atoms with Crippen LogP contribution in [-0.2, 0) is 0 Å². The van der Waals surface area contributed by atoms with Crippen LogP contribution < -0.4 is 4.90 Å². The maximum Gasteiger partial charge on any atom is 0.273 e. The molecule has 2 fully saturated rings. The highest BCUT2D eigenvalue weighted by Crippen LogP contribution is 2.41. The number of amides is 1. The molecule has 23 heavy (non-hydrogen) atoms. The van der Waals surface area contributed by atoms with Crippen molar-refractivity contribution in [3.63, 3.8) is 0 Å². The fourth-order valence-corrected chi connectivity index (χ4v) is 3.94. The molecule has 1 spiro atoms. The summed E-state index contributed by atoms with van der Waals surface area (Å²) in [6.45, 7) is 3.40. The Morgan fingerprint density at radius 1 is 1.30 bits per heavy atom. The molecule has 2 aliphatic heterocycles. The zero-order chi connectivity index (χ0) is 15.9. The summed E-state index contributed by atoms with van der Waals surface area (Å²) in [5.74, 6) is 0.942. The number of rotatable bonds is 2. The van der Waals surface area contributed by atoms with Crippen molar-refractivity contribution in [2.75, 3.05) is 31.1 Å². The van der Waals surface area contributed by atoms with Gasteiger partial charge in [-0.25, -0.2) is 9.97 Å². The van der Waals surface area contributed by atoms with E-state index in [4.69, 9.17) is 5.26 Å². The molecule has 0 radical (unpaired) electrons. The second-order valence-electron chi connectivity index (χ2n) is 6.22. The topological polar surface area (TPSA) is 73.1 Å². The lowest BCUT2D eigenvalue weighted by Gasteiger charge is -2.48. The molecule has 7 heteroatoms. The van der Waals surface area contributed by atoms with Crippen molar-refractivity contribution in [3.05, 3.63) is 40.5 Å². The van der Waals surface area contributed by atoms with E-state index in [0.29, 0.717) is 11.3 Å². The summed E-state index contributed by atoms with van der Waals surface area (Å²) in [7, 11) is 0. The molecule has 0 bridgehead atoms. The first-order chi connectivity index (χ1) is 11.2. The van der Waals surface area contributed by atoms with E-state index in [1.165, 1.54) is 11.3 Å². The minimum absolute atomic E-state index is 0.0399. The summed E-state index contributed by atoms with van der Waals surface area (Å²) >= 11 is 1.45. The molecule has 4 heterocycles. The number of likely N-dealkylation sites (tertiary alicyclic amines) is 1. The van der Waals surface area contributed by atoms with Crippen molar-refractivity contribution in [1.29, 1.82) is 5.26 Å². The number of pyridine rings is 1. The molecule has 2 saturated heterocycles. The van der Waals surface area contributed by atoms with Crippen LogP contribution in [0.2, 0.25) is 0 Å². The van der Waals surface area contributed by atoms with Crippen LogP contribution in [0.4, 0.5) is 5.82 Å². The predicted molar refractivity (Wildman–Crippen MR) is 86.2 cm³/mol. The molecule has 0 aromatic carbocycles. The van der Waals surface area contributed by atoms with Gasteiger partial charge in [-0.2, -0.15) is 5.26 Å². The van der Waals surface area contributed by atoms with E-state index in [0.717, 1.165) is 38.4 Å². The first kappa shape index (κ1) is 14.2. The third-order valence-electron chi connectivity index (χ3n) is 4.63. The first-order valence-corrected chi connectivity index (χ1v) is 8.42. The van der Waals surface area contributed by atoms with Crippen molar-refractivity contribution in [2.24, 2.45) is 5.41 Å². The van der Waals surface area contributed by atoms with Gasteiger partial charge in [0.15, 0.2) is 0 Å². The Balaban J connectivity index is 1.39. The van der Waals surface area contributed by atoms with Crippen molar-refractivity contribution >= 4 is 23.1 Å². The zero-order valence-corrected chi connectivity index (χ0v) is 13.3. The Hall–Kier alpha value is -2.46. The molecule has 4 rings (SSSR count). The minimum atomic E-state index is 0.0399. The Morgan fingerprint density at radius 3 is 2.83 bits per heavy atom. The third-order valence-corrected chi connectivity index (χ3v) is 5.22. The average molecular weight is 325 g/mol. The van der Waals surface area contributed by atoms with Crippen molar-refractivity contribution in [2.45, 2.75) is 6.42 Å². The maximum absolute atomic E-state index is 12.4. The Bertz CT molecular complexity index is 759. The zero-order valence-electron chi connectivity index (χ0n) is 12.5. The molecular formula is C16H15N5OS. The molecule has 6 nitrogen and oxygen atoms in total. The molecule has 2 aromatic rings. The molecule has 0 atom stereocenters. The third kappa shape index (κ3) is 2.45. The molecule has 1 amide bonds. The molecule has 0 aliphatic carbocycles. The Morgan fingerprint density at radius 2 is 2.17 bits per heavy atom. The van der Waals surface area contributed by atoms with Crippen LogP contribution in [0.15, 0.2) is 29.2 Å². The van der Waals surface area contributed by atoms with Gasteiger partial charge in [0.25, 0.3) is 5.91 Å². The highest BCUT2D eigenvalue weighted by Gasteiger charge is 2.49. The summed E-state index contributed by atoms with van der Waals surface area (Å²) in [6, 6.07) is 5.76. The van der Waals surface area contributed by atoms with Crippen LogP contribution in [0.5, 0.6) is 0 Å². The van der Waals surface area contributed by atoms with Crippen molar-refractivity contribution in [3.8, 4) is 6.07 Å². The molecule has 116 valence electrons. The number of carbonyl (C=O) groups excluding carboxylic acids is 1. The van der Waals surface area contributed by atoms with Crippen LogP contribution in [0.1, 0.15) is 22.5 Å². The Labute approximate surface area is 138 Å². The number of nitriles is 1. The summed E-state index contributed by atoms with van der Waals surface area (Å²) < 4.78 is 0. The van der Waals surface area contributed by atoms with E-state index in [-0.39, 0.29) is 11.3 Å². The normalized spacial score (nSPS) is 18.7. The lowest BCUT2D eigenvalue weighted by atomic mass is 9.79. The predicted octanol–water partition coefficient (Wildman–Crippen LogP) is 1.76. The van der Waals surface area contributed by atoms with Gasteiger partial charge < -0.3 is 9.80 Å². The average Bonchev–Trinajstić information content (AvgIpc) is 3.22. The number of carbonyl (C=O) groups is 1. The van der Waals surface area contributed by atoms with Gasteiger partial charge in [0.05, 0.1) is 11.1 Å². The molecule has 0 unspecified atom stereocenters. The number of anilines is 1. The SMILES string of the molecule is N#Cc1ccc(N2CC3(CCN(C(=O)c4cscn4)C3)C2)nc1. The first-order valence-electron chi connectivity index (χ1n) is 7.48. The van der Waals surface area contributed by atoms with Crippen LogP contribution in [0, 0.1) is 16.7 Å². The Kier molecular flexibility index (Phi) is 3.27. The minimum Gasteiger partial charge on any atom is -0.355 e. The van der Waals surface area contributed by atoms with E-state index in [2.05, 4.69) is 20.9 Å². The van der Waals surface area contributed by atoms with Crippen LogP contribution in [0.3, 0.4) is 0 Å². The quantitative estimate of drug-likeness (QED) is 0.841. The maximum atomic E-state index is 12.4. The molecule has 2 aromatic heterocycles. The van der Waals surface area contributed by atoms with E-state index >= 15 is 0 Å². The van der Waals surface area contributed by atoms with Crippen LogP contribution in [-0.4, -0.2) is 47.0 Å². The second-order valence-corrected chi connectivity index (χ2v) is 6.94. The molecule has 2 aliphatic rings. The van der Waals surface area contributed by atoms with Gasteiger partial charge >= 0.3 is 0 Å². The van der Waals surface area contributed by atoms with Crippen molar-refractivity contribution in [1.82, 2.24) is 14.9 Å². The van der Waals surface area contributed by atoms with Gasteiger partial charge in [0.1, 0.15) is 17.6 Å². The highest BCUT2D eigenvalue weighted by atomic mass is 32.1. The van der Waals surface area contributed by atoms with Crippen LogP contribution in [0.25, 0.3) is 0 Å². The van der Waals surface area contributed by atoms with Gasteiger partial charge in [0.2, 0.25) is 0 Å².